The molecule has 1 heterocycles. The first-order valence-corrected chi connectivity index (χ1v) is 7.08. The number of aliphatic hydroxyl groups is 1. The van der Waals surface area contributed by atoms with Gasteiger partial charge in [-0.1, -0.05) is 0 Å². The van der Waals surface area contributed by atoms with E-state index in [0.29, 0.717) is 5.69 Å². The van der Waals surface area contributed by atoms with E-state index in [1.165, 1.54) is 13.0 Å². The fourth-order valence-corrected chi connectivity index (χ4v) is 2.67. The normalized spacial score (nSPS) is 11.6. The zero-order valence-electron chi connectivity index (χ0n) is 10.4. The topological polar surface area (TPSA) is 82.2 Å². The number of sulfonamides is 1. The summed E-state index contributed by atoms with van der Waals surface area (Å²) in [5.74, 6) is -1.58. The Hall–Kier alpha value is -1.93. The molecule has 0 fully saturated rings. The van der Waals surface area contributed by atoms with Gasteiger partial charge in [0.25, 0.3) is 10.0 Å². The van der Waals surface area contributed by atoms with Crippen LogP contribution in [0.15, 0.2) is 29.3 Å². The first kappa shape index (κ1) is 14.5. The van der Waals surface area contributed by atoms with Crippen molar-refractivity contribution in [3.05, 3.63) is 47.3 Å². The van der Waals surface area contributed by atoms with Crippen LogP contribution < -0.4 is 4.72 Å². The molecule has 0 aliphatic rings. The van der Waals surface area contributed by atoms with Gasteiger partial charge in [0.1, 0.15) is 16.5 Å². The fraction of sp³-hybridized carbons (Fsp3) is 0.167. The van der Waals surface area contributed by atoms with Gasteiger partial charge < -0.3 is 10.1 Å². The Kier molecular flexibility index (Phi) is 3.78. The van der Waals surface area contributed by atoms with Crippen molar-refractivity contribution in [2.45, 2.75) is 18.4 Å². The summed E-state index contributed by atoms with van der Waals surface area (Å²) in [6, 6.07) is 2.88. The van der Waals surface area contributed by atoms with Crippen molar-refractivity contribution in [1.82, 2.24) is 4.98 Å². The SMILES string of the molecule is Cc1cc(F)c(NS(=O)(=O)c2c[nH]c(CO)c2)cc1F. The van der Waals surface area contributed by atoms with Crippen molar-refractivity contribution in [3.8, 4) is 0 Å². The predicted octanol–water partition coefficient (Wildman–Crippen LogP) is 1.89. The van der Waals surface area contributed by atoms with Gasteiger partial charge >= 0.3 is 0 Å². The molecule has 2 aromatic rings. The average molecular weight is 302 g/mol. The molecule has 8 heteroatoms. The zero-order valence-corrected chi connectivity index (χ0v) is 11.3. The quantitative estimate of drug-likeness (QED) is 0.806. The third-order valence-electron chi connectivity index (χ3n) is 2.69. The number of hydrogen-bond donors (Lipinski definition) is 3. The monoisotopic (exact) mass is 302 g/mol. The van der Waals surface area contributed by atoms with Crippen molar-refractivity contribution in [1.29, 1.82) is 0 Å². The largest absolute Gasteiger partial charge is 0.390 e. The summed E-state index contributed by atoms with van der Waals surface area (Å²) >= 11 is 0. The number of hydrogen-bond acceptors (Lipinski definition) is 3. The summed E-state index contributed by atoms with van der Waals surface area (Å²) in [6.45, 7) is 1.01. The highest BCUT2D eigenvalue weighted by Crippen LogP contribution is 2.22. The van der Waals surface area contributed by atoms with Gasteiger partial charge in [-0.15, -0.1) is 0 Å². The Morgan fingerprint density at radius 2 is 1.95 bits per heavy atom. The standard InChI is InChI=1S/C12H12F2N2O3S/c1-7-2-11(14)12(4-10(7)13)16-20(18,19)9-3-8(6-17)15-5-9/h2-5,15-17H,6H2,1H3. The Morgan fingerprint density at radius 3 is 2.55 bits per heavy atom. The molecule has 5 nitrogen and oxygen atoms in total. The van der Waals surface area contributed by atoms with Gasteiger partial charge in [-0.25, -0.2) is 17.2 Å². The summed E-state index contributed by atoms with van der Waals surface area (Å²) in [5, 5.41) is 8.86. The maximum absolute atomic E-state index is 13.6. The molecular weight excluding hydrogens is 290 g/mol. The third-order valence-corrected chi connectivity index (χ3v) is 4.03. The molecule has 3 N–H and O–H groups in total. The molecule has 0 saturated heterocycles. The molecule has 0 saturated carbocycles. The minimum atomic E-state index is -4.05. The van der Waals surface area contributed by atoms with Crippen LogP contribution in [0.4, 0.5) is 14.5 Å². The molecule has 1 aromatic carbocycles. The smallest absolute Gasteiger partial charge is 0.263 e. The van der Waals surface area contributed by atoms with E-state index in [4.69, 9.17) is 5.11 Å². The third kappa shape index (κ3) is 2.81. The number of aromatic amines is 1. The van der Waals surface area contributed by atoms with Crippen LogP contribution in [0, 0.1) is 18.6 Å². The Labute approximate surface area is 114 Å². The summed E-state index contributed by atoms with van der Waals surface area (Å²) in [7, 11) is -4.05. The highest BCUT2D eigenvalue weighted by Gasteiger charge is 2.19. The summed E-state index contributed by atoms with van der Waals surface area (Å²) in [6.07, 6.45) is 1.15. The van der Waals surface area contributed by atoms with Crippen LogP contribution in [0.3, 0.4) is 0 Å². The van der Waals surface area contributed by atoms with Crippen molar-refractivity contribution >= 4 is 15.7 Å². The van der Waals surface area contributed by atoms with E-state index in [1.54, 1.807) is 0 Å². The average Bonchev–Trinajstić information content (AvgIpc) is 2.85. The van der Waals surface area contributed by atoms with Crippen molar-refractivity contribution in [2.24, 2.45) is 0 Å². The second-order valence-electron chi connectivity index (χ2n) is 4.21. The van der Waals surface area contributed by atoms with Crippen LogP contribution in [-0.4, -0.2) is 18.5 Å². The molecule has 1 aromatic heterocycles. The lowest BCUT2D eigenvalue weighted by atomic mass is 10.2. The summed E-state index contributed by atoms with van der Waals surface area (Å²) in [4.78, 5) is 2.37. The number of aromatic nitrogens is 1. The molecule has 0 atom stereocenters. The van der Waals surface area contributed by atoms with Gasteiger partial charge in [-0.2, -0.15) is 0 Å². The Balaban J connectivity index is 2.35. The molecule has 2 rings (SSSR count). The Bertz CT molecular complexity index is 741. The maximum atomic E-state index is 13.6. The number of halogens is 2. The van der Waals surface area contributed by atoms with Crippen molar-refractivity contribution < 1.29 is 22.3 Å². The van der Waals surface area contributed by atoms with E-state index < -0.39 is 27.3 Å². The van der Waals surface area contributed by atoms with Crippen molar-refractivity contribution in [2.75, 3.05) is 4.72 Å². The molecule has 0 aliphatic heterocycles. The molecule has 0 unspecified atom stereocenters. The molecule has 0 radical (unpaired) electrons. The zero-order chi connectivity index (χ0) is 14.9. The van der Waals surface area contributed by atoms with Crippen LogP contribution in [0.1, 0.15) is 11.3 Å². The number of aliphatic hydroxyl groups excluding tert-OH is 1. The fourth-order valence-electron chi connectivity index (χ4n) is 1.59. The molecule has 0 spiro atoms. The number of benzene rings is 1. The first-order chi connectivity index (χ1) is 9.33. The van der Waals surface area contributed by atoms with E-state index in [2.05, 4.69) is 4.98 Å². The number of H-pyrrole nitrogens is 1. The maximum Gasteiger partial charge on any atom is 0.263 e. The minimum Gasteiger partial charge on any atom is -0.390 e. The van der Waals surface area contributed by atoms with Crippen molar-refractivity contribution in [3.63, 3.8) is 0 Å². The first-order valence-electron chi connectivity index (χ1n) is 5.60. The predicted molar refractivity (Wildman–Crippen MR) is 68.6 cm³/mol. The number of rotatable bonds is 4. The lowest BCUT2D eigenvalue weighted by molar-refractivity contribution is 0.277. The van der Waals surface area contributed by atoms with Crippen LogP contribution >= 0.6 is 0 Å². The van der Waals surface area contributed by atoms with E-state index in [0.717, 1.165) is 18.3 Å². The van der Waals surface area contributed by atoms with E-state index >= 15 is 0 Å². The van der Waals surface area contributed by atoms with Crippen LogP contribution in [-0.2, 0) is 16.6 Å². The van der Waals surface area contributed by atoms with Gasteiger partial charge in [0.15, 0.2) is 0 Å². The molecule has 20 heavy (non-hydrogen) atoms. The van der Waals surface area contributed by atoms with E-state index in [-0.39, 0.29) is 17.1 Å². The van der Waals surface area contributed by atoms with Gasteiger partial charge in [0.2, 0.25) is 0 Å². The lowest BCUT2D eigenvalue weighted by Crippen LogP contribution is -2.13. The summed E-state index contributed by atoms with van der Waals surface area (Å²) < 4.78 is 52.9. The molecular formula is C12H12F2N2O3S. The Morgan fingerprint density at radius 1 is 1.25 bits per heavy atom. The van der Waals surface area contributed by atoms with Crippen LogP contribution in [0.5, 0.6) is 0 Å². The van der Waals surface area contributed by atoms with E-state index in [9.17, 15) is 17.2 Å². The second-order valence-corrected chi connectivity index (χ2v) is 5.89. The number of anilines is 1. The van der Waals surface area contributed by atoms with Gasteiger partial charge in [0.05, 0.1) is 12.3 Å². The van der Waals surface area contributed by atoms with Gasteiger partial charge in [-0.05, 0) is 24.6 Å². The second kappa shape index (κ2) is 5.22. The van der Waals surface area contributed by atoms with Gasteiger partial charge in [0, 0.05) is 18.0 Å². The van der Waals surface area contributed by atoms with Crippen LogP contribution in [0.2, 0.25) is 0 Å². The number of aryl methyl sites for hydroxylation is 1. The summed E-state index contributed by atoms with van der Waals surface area (Å²) in [5.41, 5.74) is -0.101. The molecule has 0 aliphatic carbocycles. The highest BCUT2D eigenvalue weighted by atomic mass is 32.2. The minimum absolute atomic E-state index is 0.0784. The number of nitrogens with one attached hydrogen (secondary N) is 2. The molecule has 0 bridgehead atoms. The molecule has 108 valence electrons. The van der Waals surface area contributed by atoms with Crippen LogP contribution in [0.25, 0.3) is 0 Å². The van der Waals surface area contributed by atoms with E-state index in [1.807, 2.05) is 4.72 Å². The highest BCUT2D eigenvalue weighted by molar-refractivity contribution is 7.92. The lowest BCUT2D eigenvalue weighted by Gasteiger charge is -2.08. The molecule has 0 amide bonds. The van der Waals surface area contributed by atoms with Gasteiger partial charge in [-0.3, -0.25) is 4.72 Å².